The summed E-state index contributed by atoms with van der Waals surface area (Å²) in [5.41, 5.74) is 2.88. The fourth-order valence-electron chi connectivity index (χ4n) is 5.57. The molecule has 2 amide bonds. The summed E-state index contributed by atoms with van der Waals surface area (Å²) in [6.07, 6.45) is 2.06. The Kier molecular flexibility index (Phi) is 9.71. The molecular weight excluding hydrogens is 576 g/mol. The van der Waals surface area contributed by atoms with E-state index in [2.05, 4.69) is 5.32 Å². The number of amides is 2. The Morgan fingerprint density at radius 2 is 1.73 bits per heavy atom. The fourth-order valence-corrected chi connectivity index (χ4v) is 5.57. The fraction of sp³-hybridized carbons (Fsp3) is 0.371. The summed E-state index contributed by atoms with van der Waals surface area (Å²) >= 11 is 0. The van der Waals surface area contributed by atoms with Crippen LogP contribution in [0.1, 0.15) is 55.3 Å². The molecule has 4 bridgehead atoms. The SMILES string of the molecule is COC(=O)[C@@H]1Cc2ccc(O)c(c2)-c2cc(ccc2OC2CCC2)[C@H](N(C)C(=O)OCc2ccccc2)C(=O)C[C@@H](C)C(=O)N1. The molecule has 0 unspecified atom stereocenters. The van der Waals surface area contributed by atoms with Gasteiger partial charge >= 0.3 is 12.1 Å². The Balaban J connectivity index is 1.59. The Morgan fingerprint density at radius 1 is 0.978 bits per heavy atom. The Bertz CT molecular complexity index is 1570. The van der Waals surface area contributed by atoms with Gasteiger partial charge in [0, 0.05) is 36.9 Å². The molecule has 0 spiro atoms. The van der Waals surface area contributed by atoms with Gasteiger partial charge in [0.05, 0.1) is 13.2 Å². The van der Waals surface area contributed by atoms with Crippen molar-refractivity contribution in [1.29, 1.82) is 0 Å². The van der Waals surface area contributed by atoms with E-state index in [1.807, 2.05) is 30.3 Å². The lowest BCUT2D eigenvalue weighted by atomic mass is 9.89. The highest BCUT2D eigenvalue weighted by atomic mass is 16.6. The summed E-state index contributed by atoms with van der Waals surface area (Å²) in [5, 5.41) is 13.8. The monoisotopic (exact) mass is 614 g/mol. The molecule has 3 atom stereocenters. The van der Waals surface area contributed by atoms with Crippen LogP contribution in [-0.2, 0) is 36.9 Å². The lowest BCUT2D eigenvalue weighted by molar-refractivity contribution is -0.145. The largest absolute Gasteiger partial charge is 0.507 e. The summed E-state index contributed by atoms with van der Waals surface area (Å²) in [6, 6.07) is 17.2. The number of hydrogen-bond acceptors (Lipinski definition) is 8. The van der Waals surface area contributed by atoms with E-state index in [1.165, 1.54) is 25.1 Å². The number of carbonyl (C=O) groups excluding carboxylic acids is 4. The lowest BCUT2D eigenvalue weighted by Gasteiger charge is -2.30. The second-order valence-corrected chi connectivity index (χ2v) is 11.7. The molecule has 0 saturated heterocycles. The average molecular weight is 615 g/mol. The minimum Gasteiger partial charge on any atom is -0.507 e. The molecule has 1 aliphatic carbocycles. The van der Waals surface area contributed by atoms with Crippen LogP contribution in [0.5, 0.6) is 11.5 Å². The molecule has 5 rings (SSSR count). The van der Waals surface area contributed by atoms with Crippen molar-refractivity contribution in [3.8, 4) is 22.6 Å². The first kappa shape index (κ1) is 31.6. The molecule has 2 N–H and O–H groups in total. The number of phenolic OH excluding ortho intramolecular Hbond substituents is 1. The van der Waals surface area contributed by atoms with Crippen LogP contribution >= 0.6 is 0 Å². The molecule has 1 heterocycles. The molecular formula is C35H38N2O8. The van der Waals surface area contributed by atoms with Gasteiger partial charge in [-0.05, 0) is 60.2 Å². The van der Waals surface area contributed by atoms with Crippen molar-refractivity contribution in [2.24, 2.45) is 5.92 Å². The van der Waals surface area contributed by atoms with Crippen LogP contribution in [-0.4, -0.2) is 60.1 Å². The third kappa shape index (κ3) is 7.28. The van der Waals surface area contributed by atoms with Gasteiger partial charge in [-0.1, -0.05) is 49.4 Å². The Morgan fingerprint density at radius 3 is 2.42 bits per heavy atom. The van der Waals surface area contributed by atoms with Crippen molar-refractivity contribution >= 4 is 23.8 Å². The number of nitrogens with zero attached hydrogens (tertiary/aromatic N) is 1. The molecule has 3 aromatic rings. The molecule has 45 heavy (non-hydrogen) atoms. The van der Waals surface area contributed by atoms with Gasteiger partial charge in [0.25, 0.3) is 0 Å². The number of carbonyl (C=O) groups is 4. The Hall–Kier alpha value is -4.86. The van der Waals surface area contributed by atoms with Crippen molar-refractivity contribution in [3.63, 3.8) is 0 Å². The van der Waals surface area contributed by atoms with Crippen LogP contribution in [0.2, 0.25) is 0 Å². The summed E-state index contributed by atoms with van der Waals surface area (Å²) in [6.45, 7) is 1.61. The van der Waals surface area contributed by atoms with Crippen molar-refractivity contribution in [2.45, 2.75) is 63.8 Å². The predicted octanol–water partition coefficient (Wildman–Crippen LogP) is 5.11. The summed E-state index contributed by atoms with van der Waals surface area (Å²) < 4.78 is 16.8. The number of nitrogens with one attached hydrogen (secondary N) is 1. The number of methoxy groups -OCH3 is 1. The van der Waals surface area contributed by atoms with Gasteiger partial charge in [-0.3, -0.25) is 14.5 Å². The highest BCUT2D eigenvalue weighted by molar-refractivity contribution is 5.94. The van der Waals surface area contributed by atoms with E-state index < -0.39 is 41.8 Å². The minimum atomic E-state index is -1.12. The number of likely N-dealkylation sites (N-methyl/N-ethyl adjacent to an activating group) is 1. The number of esters is 1. The minimum absolute atomic E-state index is 0.0126. The number of Topliss-reactive ketones (excluding diaryl/α,β-unsaturated/α-hetero) is 1. The molecule has 10 heteroatoms. The molecule has 0 radical (unpaired) electrons. The van der Waals surface area contributed by atoms with Crippen LogP contribution in [0.4, 0.5) is 4.79 Å². The number of hydrogen-bond donors (Lipinski definition) is 2. The van der Waals surface area contributed by atoms with Gasteiger partial charge in [0.1, 0.15) is 30.2 Å². The molecule has 3 aromatic carbocycles. The number of ketones is 1. The van der Waals surface area contributed by atoms with E-state index >= 15 is 0 Å². The first-order valence-electron chi connectivity index (χ1n) is 15.1. The number of aromatic hydroxyl groups is 1. The van der Waals surface area contributed by atoms with Crippen molar-refractivity contribution in [2.75, 3.05) is 14.2 Å². The summed E-state index contributed by atoms with van der Waals surface area (Å²) in [5.74, 6) is -1.88. The molecule has 2 aliphatic rings. The molecule has 1 saturated carbocycles. The normalized spacial score (nSPS) is 20.2. The van der Waals surface area contributed by atoms with E-state index in [-0.39, 0.29) is 31.3 Å². The zero-order valence-electron chi connectivity index (χ0n) is 25.7. The first-order chi connectivity index (χ1) is 21.6. The third-order valence-corrected chi connectivity index (χ3v) is 8.40. The van der Waals surface area contributed by atoms with Crippen molar-refractivity contribution in [3.05, 3.63) is 83.4 Å². The maximum atomic E-state index is 14.0. The molecule has 10 nitrogen and oxygen atoms in total. The smallest absolute Gasteiger partial charge is 0.410 e. The molecule has 1 fully saturated rings. The van der Waals surface area contributed by atoms with Gasteiger partial charge in [-0.2, -0.15) is 0 Å². The van der Waals surface area contributed by atoms with Gasteiger partial charge in [-0.25, -0.2) is 9.59 Å². The Labute approximate surface area is 262 Å². The van der Waals surface area contributed by atoms with Gasteiger partial charge in [0.2, 0.25) is 5.91 Å². The van der Waals surface area contributed by atoms with Crippen LogP contribution in [0.3, 0.4) is 0 Å². The number of rotatable bonds is 6. The van der Waals surface area contributed by atoms with E-state index in [4.69, 9.17) is 14.2 Å². The van der Waals surface area contributed by atoms with E-state index in [0.29, 0.717) is 28.0 Å². The predicted molar refractivity (Wildman–Crippen MR) is 165 cm³/mol. The quantitative estimate of drug-likeness (QED) is 0.367. The van der Waals surface area contributed by atoms with E-state index in [0.717, 1.165) is 24.8 Å². The zero-order valence-corrected chi connectivity index (χ0v) is 25.7. The third-order valence-electron chi connectivity index (χ3n) is 8.40. The summed E-state index contributed by atoms with van der Waals surface area (Å²) in [7, 11) is 2.72. The second-order valence-electron chi connectivity index (χ2n) is 11.7. The highest BCUT2D eigenvalue weighted by Crippen LogP contribution is 2.41. The van der Waals surface area contributed by atoms with Crippen LogP contribution < -0.4 is 10.1 Å². The molecule has 1 aliphatic heterocycles. The number of phenols is 1. The first-order valence-corrected chi connectivity index (χ1v) is 15.1. The number of ether oxygens (including phenoxy) is 3. The standard InChI is InChI=1S/C35H38N2O8/c1-21-16-30(39)32(37(2)35(42)44-20-22-8-5-4-6-9-22)24-13-15-31(45-25-10-7-11-25)27(19-24)26-17-23(12-14-29(26)38)18-28(34(41)43-3)36-33(21)40/h4-6,8-9,12-15,17,19,21,25,28,32,38H,7,10-11,16,18,20H2,1-3H3,(H,36,40)/t21-,28+,32+/m1/s1. The second kappa shape index (κ2) is 13.8. The highest BCUT2D eigenvalue weighted by Gasteiger charge is 2.34. The molecule has 0 aromatic heterocycles. The summed E-state index contributed by atoms with van der Waals surface area (Å²) in [4.78, 5) is 54.5. The van der Waals surface area contributed by atoms with Crippen LogP contribution in [0.25, 0.3) is 11.1 Å². The van der Waals surface area contributed by atoms with Gasteiger partial charge < -0.3 is 24.6 Å². The van der Waals surface area contributed by atoms with Crippen LogP contribution in [0, 0.1) is 5.92 Å². The van der Waals surface area contributed by atoms with E-state index in [1.54, 1.807) is 37.3 Å². The lowest BCUT2D eigenvalue weighted by Crippen LogP contribution is -2.46. The van der Waals surface area contributed by atoms with Gasteiger partial charge in [0.15, 0.2) is 5.78 Å². The van der Waals surface area contributed by atoms with Crippen LogP contribution in [0.15, 0.2) is 66.7 Å². The topological polar surface area (TPSA) is 131 Å². The zero-order chi connectivity index (χ0) is 32.1. The maximum absolute atomic E-state index is 14.0. The number of benzene rings is 3. The van der Waals surface area contributed by atoms with Gasteiger partial charge in [-0.15, -0.1) is 0 Å². The van der Waals surface area contributed by atoms with E-state index in [9.17, 15) is 24.3 Å². The van der Waals surface area contributed by atoms with Crippen molar-refractivity contribution < 1.29 is 38.5 Å². The average Bonchev–Trinajstić information content (AvgIpc) is 3.02. The van der Waals surface area contributed by atoms with Crippen molar-refractivity contribution in [1.82, 2.24) is 10.2 Å². The number of fused-ring (bicyclic) bond motifs is 5. The molecule has 236 valence electrons. The maximum Gasteiger partial charge on any atom is 0.410 e.